The van der Waals surface area contributed by atoms with Crippen LogP contribution in [-0.2, 0) is 0 Å². The van der Waals surface area contributed by atoms with Gasteiger partial charge in [-0.15, -0.1) is 0 Å². The summed E-state index contributed by atoms with van der Waals surface area (Å²) >= 11 is 12.1. The van der Waals surface area contributed by atoms with Gasteiger partial charge in [-0.05, 0) is 56.7 Å². The van der Waals surface area contributed by atoms with E-state index in [0.29, 0.717) is 10.0 Å². The molecular formula is C18H16Cl2N2. The van der Waals surface area contributed by atoms with Crippen molar-refractivity contribution >= 4 is 45.5 Å². The predicted octanol–water partition coefficient (Wildman–Crippen LogP) is 6.21. The Balaban J connectivity index is 2.15. The van der Waals surface area contributed by atoms with Crippen LogP contribution >= 0.6 is 23.2 Å². The Kier molecular flexibility index (Phi) is 3.98. The Labute approximate surface area is 140 Å². The molecule has 2 aromatic carbocycles. The predicted molar refractivity (Wildman–Crippen MR) is 95.7 cm³/mol. The van der Waals surface area contributed by atoms with Gasteiger partial charge in [0.2, 0.25) is 0 Å². The lowest BCUT2D eigenvalue weighted by atomic mass is 10.0. The summed E-state index contributed by atoms with van der Waals surface area (Å²) in [4.78, 5) is 4.66. The maximum Gasteiger partial charge on any atom is 0.0755 e. The van der Waals surface area contributed by atoms with Gasteiger partial charge in [-0.25, -0.2) is 0 Å². The summed E-state index contributed by atoms with van der Waals surface area (Å²) in [6.45, 7) is 6.18. The lowest BCUT2D eigenvalue weighted by molar-refractivity contribution is 1.23. The Hall–Kier alpha value is -1.77. The van der Waals surface area contributed by atoms with Crippen molar-refractivity contribution in [3.8, 4) is 0 Å². The van der Waals surface area contributed by atoms with Gasteiger partial charge in [0.15, 0.2) is 0 Å². The molecule has 112 valence electrons. The molecule has 0 unspecified atom stereocenters. The Morgan fingerprint density at radius 2 is 1.68 bits per heavy atom. The molecule has 0 aliphatic carbocycles. The van der Waals surface area contributed by atoms with Crippen molar-refractivity contribution in [3.05, 3.63) is 63.3 Å². The van der Waals surface area contributed by atoms with Crippen molar-refractivity contribution in [1.29, 1.82) is 0 Å². The molecule has 0 bridgehead atoms. The van der Waals surface area contributed by atoms with Crippen LogP contribution in [0, 0.1) is 20.8 Å². The van der Waals surface area contributed by atoms with Crippen LogP contribution < -0.4 is 5.32 Å². The van der Waals surface area contributed by atoms with Crippen LogP contribution in [0.2, 0.25) is 10.0 Å². The highest BCUT2D eigenvalue weighted by Gasteiger charge is 2.08. The molecule has 0 atom stereocenters. The molecule has 0 fully saturated rings. The lowest BCUT2D eigenvalue weighted by Gasteiger charge is -2.13. The lowest BCUT2D eigenvalue weighted by Crippen LogP contribution is -1.96. The molecule has 0 spiro atoms. The fraction of sp³-hybridized carbons (Fsp3) is 0.167. The van der Waals surface area contributed by atoms with Crippen LogP contribution in [0.5, 0.6) is 0 Å². The largest absolute Gasteiger partial charge is 0.355 e. The van der Waals surface area contributed by atoms with Crippen LogP contribution in [0.3, 0.4) is 0 Å². The molecule has 0 saturated heterocycles. The molecule has 3 rings (SSSR count). The van der Waals surface area contributed by atoms with Crippen LogP contribution in [0.25, 0.3) is 10.9 Å². The summed E-state index contributed by atoms with van der Waals surface area (Å²) in [5.41, 5.74) is 6.31. The van der Waals surface area contributed by atoms with Gasteiger partial charge in [0.1, 0.15) is 0 Å². The van der Waals surface area contributed by atoms with Crippen molar-refractivity contribution < 1.29 is 0 Å². The molecule has 0 amide bonds. The molecule has 22 heavy (non-hydrogen) atoms. The van der Waals surface area contributed by atoms with E-state index in [1.165, 1.54) is 11.1 Å². The Morgan fingerprint density at radius 1 is 0.909 bits per heavy atom. The second-order valence-corrected chi connectivity index (χ2v) is 6.36. The van der Waals surface area contributed by atoms with Gasteiger partial charge in [-0.2, -0.15) is 0 Å². The van der Waals surface area contributed by atoms with Crippen LogP contribution in [0.1, 0.15) is 16.8 Å². The maximum atomic E-state index is 6.10. The van der Waals surface area contributed by atoms with Gasteiger partial charge in [-0.3, -0.25) is 4.98 Å². The number of hydrogen-bond donors (Lipinski definition) is 1. The molecule has 0 aliphatic rings. The Morgan fingerprint density at radius 3 is 2.41 bits per heavy atom. The zero-order chi connectivity index (χ0) is 15.9. The van der Waals surface area contributed by atoms with E-state index < -0.39 is 0 Å². The monoisotopic (exact) mass is 330 g/mol. The first-order chi connectivity index (χ1) is 10.4. The van der Waals surface area contributed by atoms with Gasteiger partial charge in [0, 0.05) is 22.5 Å². The molecule has 3 aromatic rings. The molecular weight excluding hydrogens is 315 g/mol. The van der Waals surface area contributed by atoms with Gasteiger partial charge < -0.3 is 5.32 Å². The van der Waals surface area contributed by atoms with Gasteiger partial charge in [0.25, 0.3) is 0 Å². The number of anilines is 2. The number of hydrogen-bond acceptors (Lipinski definition) is 2. The summed E-state index contributed by atoms with van der Waals surface area (Å²) in [5.74, 6) is 0. The third kappa shape index (κ3) is 2.90. The Bertz CT molecular complexity index is 873. The SMILES string of the molecule is Cc1cc(C)c2nc(C)cc(Nc3ccc(Cl)c(Cl)c3)c2c1. The van der Waals surface area contributed by atoms with Crippen molar-refractivity contribution in [1.82, 2.24) is 4.98 Å². The minimum atomic E-state index is 0.536. The normalized spacial score (nSPS) is 11.0. The standard InChI is InChI=1S/C18H16Cl2N2/c1-10-6-11(2)18-14(7-10)17(8-12(3)21-18)22-13-4-5-15(19)16(20)9-13/h4-9H,1-3H3,(H,21,22). The van der Waals surface area contributed by atoms with Crippen molar-refractivity contribution in [3.63, 3.8) is 0 Å². The summed E-state index contributed by atoms with van der Waals surface area (Å²) in [5, 5.41) is 5.62. The smallest absolute Gasteiger partial charge is 0.0755 e. The summed E-state index contributed by atoms with van der Waals surface area (Å²) in [6, 6.07) is 11.9. The third-order valence-electron chi connectivity index (χ3n) is 3.57. The van der Waals surface area contributed by atoms with Crippen molar-refractivity contribution in [2.75, 3.05) is 5.32 Å². The number of nitrogens with zero attached hydrogens (tertiary/aromatic N) is 1. The number of aromatic nitrogens is 1. The third-order valence-corrected chi connectivity index (χ3v) is 4.31. The van der Waals surface area contributed by atoms with Gasteiger partial charge >= 0.3 is 0 Å². The molecule has 0 aliphatic heterocycles. The highest BCUT2D eigenvalue weighted by Crippen LogP contribution is 2.31. The van der Waals surface area contributed by atoms with Crippen molar-refractivity contribution in [2.45, 2.75) is 20.8 Å². The van der Waals surface area contributed by atoms with E-state index in [-0.39, 0.29) is 0 Å². The zero-order valence-electron chi connectivity index (χ0n) is 12.7. The van der Waals surface area contributed by atoms with E-state index in [2.05, 4.69) is 36.3 Å². The van der Waals surface area contributed by atoms with E-state index in [1.54, 1.807) is 6.07 Å². The number of halogens is 2. The first-order valence-electron chi connectivity index (χ1n) is 7.05. The first-order valence-corrected chi connectivity index (χ1v) is 7.80. The van der Waals surface area contributed by atoms with Crippen LogP contribution in [0.15, 0.2) is 36.4 Å². The van der Waals surface area contributed by atoms with E-state index in [1.807, 2.05) is 25.1 Å². The topological polar surface area (TPSA) is 24.9 Å². The number of rotatable bonds is 2. The number of pyridine rings is 1. The minimum Gasteiger partial charge on any atom is -0.355 e. The van der Waals surface area contributed by atoms with E-state index >= 15 is 0 Å². The van der Waals surface area contributed by atoms with Gasteiger partial charge in [0.05, 0.1) is 15.6 Å². The van der Waals surface area contributed by atoms with E-state index in [4.69, 9.17) is 23.2 Å². The molecule has 1 heterocycles. The van der Waals surface area contributed by atoms with Crippen molar-refractivity contribution in [2.24, 2.45) is 0 Å². The van der Waals surface area contributed by atoms with E-state index in [0.717, 1.165) is 28.0 Å². The second-order valence-electron chi connectivity index (χ2n) is 5.54. The minimum absolute atomic E-state index is 0.536. The maximum absolute atomic E-state index is 6.10. The number of fused-ring (bicyclic) bond motifs is 1. The number of aryl methyl sites for hydroxylation is 3. The molecule has 2 nitrogen and oxygen atoms in total. The second kappa shape index (κ2) is 5.79. The fourth-order valence-corrected chi connectivity index (χ4v) is 2.94. The van der Waals surface area contributed by atoms with Crippen LogP contribution in [0.4, 0.5) is 11.4 Å². The van der Waals surface area contributed by atoms with Crippen LogP contribution in [-0.4, -0.2) is 4.98 Å². The first kappa shape index (κ1) is 15.1. The molecule has 1 N–H and O–H groups in total. The summed E-state index contributed by atoms with van der Waals surface area (Å²) in [7, 11) is 0. The van der Waals surface area contributed by atoms with E-state index in [9.17, 15) is 0 Å². The number of benzene rings is 2. The highest BCUT2D eigenvalue weighted by molar-refractivity contribution is 6.42. The zero-order valence-corrected chi connectivity index (χ0v) is 14.2. The number of nitrogens with one attached hydrogen (secondary N) is 1. The quantitative estimate of drug-likeness (QED) is 0.604. The molecule has 0 saturated carbocycles. The summed E-state index contributed by atoms with van der Waals surface area (Å²) < 4.78 is 0. The average Bonchev–Trinajstić information content (AvgIpc) is 2.44. The highest BCUT2D eigenvalue weighted by atomic mass is 35.5. The molecule has 1 aromatic heterocycles. The van der Waals surface area contributed by atoms with Gasteiger partial charge in [-0.1, -0.05) is 34.8 Å². The summed E-state index contributed by atoms with van der Waals surface area (Å²) in [6.07, 6.45) is 0. The molecule has 0 radical (unpaired) electrons. The fourth-order valence-electron chi connectivity index (χ4n) is 2.64. The average molecular weight is 331 g/mol. The molecule has 4 heteroatoms.